The standard InChI is InChI=1S/C18H23N3O4S2/c1-18(2,3)25-17(22)21-11-9-20(10-12-21)16-19-15(13-26-16)27(23,24)14-7-5-4-6-8-14/h4-8,13H,9-12H2,1-3H3. The van der Waals surface area contributed by atoms with Crippen LogP contribution in [-0.2, 0) is 14.6 Å². The first-order chi connectivity index (χ1) is 12.7. The van der Waals surface area contributed by atoms with Gasteiger partial charge in [-0.2, -0.15) is 0 Å². The number of rotatable bonds is 3. The SMILES string of the molecule is CC(C)(C)OC(=O)N1CCN(c2nc(S(=O)(=O)c3ccccc3)cs2)CC1. The van der Waals surface area contributed by atoms with Crippen LogP contribution in [0.2, 0.25) is 0 Å². The van der Waals surface area contributed by atoms with Gasteiger partial charge in [0.15, 0.2) is 10.2 Å². The number of aromatic nitrogens is 1. The Balaban J connectivity index is 1.66. The summed E-state index contributed by atoms with van der Waals surface area (Å²) in [5, 5.41) is 2.27. The molecule has 0 N–H and O–H groups in total. The molecule has 1 fully saturated rings. The Kier molecular flexibility index (Phi) is 5.43. The Labute approximate surface area is 163 Å². The van der Waals surface area contributed by atoms with E-state index in [1.165, 1.54) is 11.3 Å². The van der Waals surface area contributed by atoms with Crippen molar-refractivity contribution in [3.05, 3.63) is 35.7 Å². The number of anilines is 1. The summed E-state index contributed by atoms with van der Waals surface area (Å²) in [7, 11) is -3.61. The summed E-state index contributed by atoms with van der Waals surface area (Å²) in [6.07, 6.45) is -0.325. The first-order valence-electron chi connectivity index (χ1n) is 8.65. The fourth-order valence-corrected chi connectivity index (χ4v) is 5.06. The van der Waals surface area contributed by atoms with E-state index in [4.69, 9.17) is 4.74 Å². The third-order valence-electron chi connectivity index (χ3n) is 4.00. The highest BCUT2D eigenvalue weighted by Gasteiger charge is 2.28. The molecule has 0 saturated carbocycles. The fraction of sp³-hybridized carbons (Fsp3) is 0.444. The number of thiazole rings is 1. The number of ether oxygens (including phenoxy) is 1. The predicted octanol–water partition coefficient (Wildman–Crippen LogP) is 3.03. The van der Waals surface area contributed by atoms with Gasteiger partial charge in [-0.1, -0.05) is 18.2 Å². The van der Waals surface area contributed by atoms with Gasteiger partial charge in [-0.15, -0.1) is 11.3 Å². The van der Waals surface area contributed by atoms with Crippen LogP contribution < -0.4 is 4.90 Å². The van der Waals surface area contributed by atoms with E-state index in [2.05, 4.69) is 4.98 Å². The van der Waals surface area contributed by atoms with Crippen LogP contribution in [0.15, 0.2) is 45.6 Å². The molecule has 1 amide bonds. The van der Waals surface area contributed by atoms with Crippen LogP contribution in [0.25, 0.3) is 0 Å². The summed E-state index contributed by atoms with van der Waals surface area (Å²) >= 11 is 1.30. The molecular formula is C18H23N3O4S2. The lowest BCUT2D eigenvalue weighted by atomic mass is 10.2. The molecule has 1 aliphatic heterocycles. The van der Waals surface area contributed by atoms with Crippen molar-refractivity contribution in [1.29, 1.82) is 0 Å². The van der Waals surface area contributed by atoms with Gasteiger partial charge in [0, 0.05) is 31.6 Å². The fourth-order valence-electron chi connectivity index (χ4n) is 2.65. The van der Waals surface area contributed by atoms with E-state index < -0.39 is 15.4 Å². The van der Waals surface area contributed by atoms with Gasteiger partial charge in [0.2, 0.25) is 9.84 Å². The summed E-state index contributed by atoms with van der Waals surface area (Å²) in [6, 6.07) is 8.28. The zero-order valence-corrected chi connectivity index (χ0v) is 17.2. The first kappa shape index (κ1) is 19.6. The highest BCUT2D eigenvalue weighted by atomic mass is 32.2. The predicted molar refractivity (Wildman–Crippen MR) is 104 cm³/mol. The number of sulfone groups is 1. The maximum absolute atomic E-state index is 12.7. The van der Waals surface area contributed by atoms with Gasteiger partial charge in [0.05, 0.1) is 4.90 Å². The van der Waals surface area contributed by atoms with E-state index >= 15 is 0 Å². The number of nitrogens with zero attached hydrogens (tertiary/aromatic N) is 3. The number of amides is 1. The Morgan fingerprint density at radius 2 is 1.74 bits per heavy atom. The van der Waals surface area contributed by atoms with Crippen LogP contribution >= 0.6 is 11.3 Å². The highest BCUT2D eigenvalue weighted by Crippen LogP contribution is 2.28. The van der Waals surface area contributed by atoms with Gasteiger partial charge in [-0.25, -0.2) is 18.2 Å². The molecule has 0 bridgehead atoms. The molecule has 1 aromatic heterocycles. The average Bonchev–Trinajstić information content (AvgIpc) is 3.12. The first-order valence-corrected chi connectivity index (χ1v) is 11.0. The Hall–Kier alpha value is -2.13. The minimum Gasteiger partial charge on any atom is -0.444 e. The van der Waals surface area contributed by atoms with Crippen LogP contribution in [0.3, 0.4) is 0 Å². The van der Waals surface area contributed by atoms with Gasteiger partial charge in [-0.3, -0.25) is 0 Å². The van der Waals surface area contributed by atoms with Crippen LogP contribution in [0.5, 0.6) is 0 Å². The monoisotopic (exact) mass is 409 g/mol. The average molecular weight is 410 g/mol. The normalized spacial score (nSPS) is 15.7. The second-order valence-electron chi connectivity index (χ2n) is 7.24. The van der Waals surface area contributed by atoms with E-state index in [9.17, 15) is 13.2 Å². The molecule has 1 aliphatic rings. The molecule has 0 spiro atoms. The minimum absolute atomic E-state index is 0.0586. The molecule has 0 aliphatic carbocycles. The Bertz CT molecular complexity index is 896. The van der Waals surface area contributed by atoms with Crippen molar-refractivity contribution in [2.24, 2.45) is 0 Å². The zero-order chi connectivity index (χ0) is 19.7. The van der Waals surface area contributed by atoms with Crippen molar-refractivity contribution in [3.63, 3.8) is 0 Å². The molecule has 0 radical (unpaired) electrons. The number of carbonyl (C=O) groups excluding carboxylic acids is 1. The lowest BCUT2D eigenvalue weighted by Crippen LogP contribution is -2.50. The topological polar surface area (TPSA) is 79.8 Å². The third-order valence-corrected chi connectivity index (χ3v) is 6.70. The molecule has 27 heavy (non-hydrogen) atoms. The maximum atomic E-state index is 12.7. The summed E-state index contributed by atoms with van der Waals surface area (Å²) < 4.78 is 30.7. The maximum Gasteiger partial charge on any atom is 0.410 e. The Morgan fingerprint density at radius 1 is 1.11 bits per heavy atom. The lowest BCUT2D eigenvalue weighted by Gasteiger charge is -2.35. The van der Waals surface area contributed by atoms with Crippen LogP contribution in [0.1, 0.15) is 20.8 Å². The van der Waals surface area contributed by atoms with E-state index in [0.29, 0.717) is 31.3 Å². The summed E-state index contributed by atoms with van der Waals surface area (Å²) in [4.78, 5) is 20.4. The van der Waals surface area contributed by atoms with Crippen LogP contribution in [0, 0.1) is 0 Å². The van der Waals surface area contributed by atoms with Crippen molar-refractivity contribution in [3.8, 4) is 0 Å². The number of piperazine rings is 1. The second-order valence-corrected chi connectivity index (χ2v) is 9.97. The lowest BCUT2D eigenvalue weighted by molar-refractivity contribution is 0.0240. The molecule has 1 saturated heterocycles. The molecule has 1 aromatic carbocycles. The quantitative estimate of drug-likeness (QED) is 0.775. The highest BCUT2D eigenvalue weighted by molar-refractivity contribution is 7.91. The van der Waals surface area contributed by atoms with Crippen LogP contribution in [0.4, 0.5) is 9.93 Å². The number of carbonyl (C=O) groups is 1. The smallest absolute Gasteiger partial charge is 0.410 e. The molecule has 9 heteroatoms. The number of benzene rings is 1. The van der Waals surface area contributed by atoms with E-state index in [1.807, 2.05) is 25.7 Å². The molecule has 146 valence electrons. The summed E-state index contributed by atoms with van der Waals surface area (Å²) in [5.74, 6) is 0. The molecule has 0 atom stereocenters. The van der Waals surface area contributed by atoms with Gasteiger partial charge >= 0.3 is 6.09 Å². The molecular weight excluding hydrogens is 386 g/mol. The van der Waals surface area contributed by atoms with Crippen molar-refractivity contribution >= 4 is 32.4 Å². The minimum atomic E-state index is -3.61. The van der Waals surface area contributed by atoms with Crippen LogP contribution in [-0.4, -0.2) is 56.2 Å². The molecule has 3 rings (SSSR count). The van der Waals surface area contributed by atoms with E-state index in [1.54, 1.807) is 40.6 Å². The second kappa shape index (κ2) is 7.47. The molecule has 0 unspecified atom stereocenters. The number of hydrogen-bond acceptors (Lipinski definition) is 7. The summed E-state index contributed by atoms with van der Waals surface area (Å²) in [5.41, 5.74) is -0.524. The Morgan fingerprint density at radius 3 is 2.33 bits per heavy atom. The molecule has 7 nitrogen and oxygen atoms in total. The van der Waals surface area contributed by atoms with Crippen molar-refractivity contribution < 1.29 is 17.9 Å². The van der Waals surface area contributed by atoms with Crippen molar-refractivity contribution in [1.82, 2.24) is 9.88 Å². The van der Waals surface area contributed by atoms with Crippen molar-refractivity contribution in [2.45, 2.75) is 36.3 Å². The third kappa shape index (κ3) is 4.59. The number of hydrogen-bond donors (Lipinski definition) is 0. The van der Waals surface area contributed by atoms with E-state index in [-0.39, 0.29) is 16.0 Å². The van der Waals surface area contributed by atoms with Gasteiger partial charge in [-0.05, 0) is 32.9 Å². The van der Waals surface area contributed by atoms with Gasteiger partial charge < -0.3 is 14.5 Å². The van der Waals surface area contributed by atoms with Gasteiger partial charge in [0.1, 0.15) is 5.60 Å². The molecule has 2 heterocycles. The van der Waals surface area contributed by atoms with Gasteiger partial charge in [0.25, 0.3) is 0 Å². The molecule has 2 aromatic rings. The van der Waals surface area contributed by atoms with E-state index in [0.717, 1.165) is 0 Å². The zero-order valence-electron chi connectivity index (χ0n) is 15.6. The van der Waals surface area contributed by atoms with Crippen molar-refractivity contribution in [2.75, 3.05) is 31.1 Å². The summed E-state index contributed by atoms with van der Waals surface area (Å²) in [6.45, 7) is 7.70. The largest absolute Gasteiger partial charge is 0.444 e.